The quantitative estimate of drug-likeness (QED) is 0.845. The SMILES string of the molecule is CC(C(=O)N(C)CC(=O)O)c1cccs1. The fourth-order valence-corrected chi connectivity index (χ4v) is 2.05. The largest absolute Gasteiger partial charge is 0.480 e. The van der Waals surface area contributed by atoms with Gasteiger partial charge in [-0.15, -0.1) is 11.3 Å². The minimum Gasteiger partial charge on any atom is -0.480 e. The lowest BCUT2D eigenvalue weighted by Gasteiger charge is -2.18. The van der Waals surface area contributed by atoms with Gasteiger partial charge in [-0.1, -0.05) is 6.07 Å². The van der Waals surface area contributed by atoms with Crippen LogP contribution in [-0.2, 0) is 9.59 Å². The van der Waals surface area contributed by atoms with Crippen molar-refractivity contribution in [3.8, 4) is 0 Å². The molecule has 0 saturated heterocycles. The zero-order chi connectivity index (χ0) is 11.4. The number of hydrogen-bond acceptors (Lipinski definition) is 3. The van der Waals surface area contributed by atoms with E-state index in [1.807, 2.05) is 17.5 Å². The number of hydrogen-bond donors (Lipinski definition) is 1. The summed E-state index contributed by atoms with van der Waals surface area (Å²) in [6, 6.07) is 3.75. The molecule has 1 aromatic heterocycles. The minimum atomic E-state index is -0.996. The Labute approximate surface area is 92.1 Å². The summed E-state index contributed by atoms with van der Waals surface area (Å²) in [7, 11) is 1.50. The second kappa shape index (κ2) is 4.93. The maximum Gasteiger partial charge on any atom is 0.323 e. The van der Waals surface area contributed by atoms with Crippen LogP contribution in [0.25, 0.3) is 0 Å². The molecule has 0 bridgehead atoms. The van der Waals surface area contributed by atoms with Crippen molar-refractivity contribution < 1.29 is 14.7 Å². The average Bonchev–Trinajstić information content (AvgIpc) is 2.67. The maximum absolute atomic E-state index is 11.7. The second-order valence-corrected chi connectivity index (χ2v) is 4.30. The van der Waals surface area contributed by atoms with Gasteiger partial charge < -0.3 is 10.0 Å². The highest BCUT2D eigenvalue weighted by Gasteiger charge is 2.21. The molecule has 0 aliphatic heterocycles. The number of rotatable bonds is 4. The standard InChI is InChI=1S/C10H13NO3S/c1-7(8-4-3-5-15-8)10(14)11(2)6-9(12)13/h3-5,7H,6H2,1-2H3,(H,12,13). The van der Waals surface area contributed by atoms with Crippen LogP contribution in [0.2, 0.25) is 0 Å². The van der Waals surface area contributed by atoms with E-state index in [1.165, 1.54) is 23.3 Å². The molecular formula is C10H13NO3S. The Morgan fingerprint density at radius 2 is 2.27 bits per heavy atom. The second-order valence-electron chi connectivity index (χ2n) is 3.33. The zero-order valence-electron chi connectivity index (χ0n) is 8.64. The highest BCUT2D eigenvalue weighted by Crippen LogP contribution is 2.22. The molecule has 1 rings (SSSR count). The number of nitrogens with zero attached hydrogens (tertiary/aromatic N) is 1. The Morgan fingerprint density at radius 1 is 1.60 bits per heavy atom. The van der Waals surface area contributed by atoms with Gasteiger partial charge in [0.25, 0.3) is 0 Å². The minimum absolute atomic E-state index is 0.167. The van der Waals surface area contributed by atoms with Crippen molar-refractivity contribution in [3.05, 3.63) is 22.4 Å². The Morgan fingerprint density at radius 3 is 2.73 bits per heavy atom. The summed E-state index contributed by atoms with van der Waals surface area (Å²) in [5.74, 6) is -1.43. The third-order valence-electron chi connectivity index (χ3n) is 2.09. The first-order chi connectivity index (χ1) is 7.02. The Hall–Kier alpha value is -1.36. The van der Waals surface area contributed by atoms with E-state index in [0.29, 0.717) is 0 Å². The van der Waals surface area contributed by atoms with E-state index in [4.69, 9.17) is 5.11 Å². The molecule has 0 aliphatic rings. The molecule has 82 valence electrons. The van der Waals surface area contributed by atoms with E-state index in [1.54, 1.807) is 6.92 Å². The molecule has 0 fully saturated rings. The molecule has 5 heteroatoms. The van der Waals surface area contributed by atoms with E-state index in [2.05, 4.69) is 0 Å². The number of carbonyl (C=O) groups excluding carboxylic acids is 1. The first kappa shape index (κ1) is 11.7. The first-order valence-electron chi connectivity index (χ1n) is 4.52. The van der Waals surface area contributed by atoms with Crippen LogP contribution < -0.4 is 0 Å². The number of carbonyl (C=O) groups is 2. The molecule has 0 aliphatic carbocycles. The predicted molar refractivity (Wildman–Crippen MR) is 58.0 cm³/mol. The third-order valence-corrected chi connectivity index (χ3v) is 3.14. The van der Waals surface area contributed by atoms with Gasteiger partial charge in [-0.25, -0.2) is 0 Å². The van der Waals surface area contributed by atoms with Crippen LogP contribution in [0.15, 0.2) is 17.5 Å². The average molecular weight is 227 g/mol. The number of carboxylic acids is 1. The number of amides is 1. The Balaban J connectivity index is 2.64. The summed E-state index contributed by atoms with van der Waals surface area (Å²) in [5.41, 5.74) is 0. The van der Waals surface area contributed by atoms with Crippen LogP contribution in [0, 0.1) is 0 Å². The van der Waals surface area contributed by atoms with Gasteiger partial charge >= 0.3 is 5.97 Å². The van der Waals surface area contributed by atoms with Crippen molar-refractivity contribution in [1.82, 2.24) is 4.90 Å². The fraction of sp³-hybridized carbons (Fsp3) is 0.400. The van der Waals surface area contributed by atoms with E-state index in [0.717, 1.165) is 4.88 Å². The van der Waals surface area contributed by atoms with Gasteiger partial charge in [0.2, 0.25) is 5.91 Å². The van der Waals surface area contributed by atoms with Gasteiger partial charge in [-0.2, -0.15) is 0 Å². The van der Waals surface area contributed by atoms with Crippen LogP contribution in [0.5, 0.6) is 0 Å². The van der Waals surface area contributed by atoms with Gasteiger partial charge in [-0.3, -0.25) is 9.59 Å². The molecule has 0 spiro atoms. The summed E-state index contributed by atoms with van der Waals surface area (Å²) in [6.45, 7) is 1.53. The van der Waals surface area contributed by atoms with Gasteiger partial charge in [0.05, 0.1) is 5.92 Å². The molecule has 4 nitrogen and oxygen atoms in total. The van der Waals surface area contributed by atoms with Crippen molar-refractivity contribution in [2.75, 3.05) is 13.6 Å². The molecule has 1 N–H and O–H groups in total. The lowest BCUT2D eigenvalue weighted by molar-refractivity contribution is -0.143. The number of aliphatic carboxylic acids is 1. The normalized spacial score (nSPS) is 12.1. The van der Waals surface area contributed by atoms with E-state index < -0.39 is 5.97 Å². The van der Waals surface area contributed by atoms with Gasteiger partial charge in [0, 0.05) is 11.9 Å². The summed E-state index contributed by atoms with van der Waals surface area (Å²) in [6.07, 6.45) is 0. The molecule has 1 amide bonds. The molecule has 15 heavy (non-hydrogen) atoms. The van der Waals surface area contributed by atoms with Crippen molar-refractivity contribution in [1.29, 1.82) is 0 Å². The highest BCUT2D eigenvalue weighted by atomic mass is 32.1. The van der Waals surface area contributed by atoms with Crippen LogP contribution >= 0.6 is 11.3 Å². The van der Waals surface area contributed by atoms with E-state index in [9.17, 15) is 9.59 Å². The van der Waals surface area contributed by atoms with Crippen LogP contribution in [0.4, 0.5) is 0 Å². The molecule has 0 saturated carbocycles. The Kier molecular flexibility index (Phi) is 3.85. The van der Waals surface area contributed by atoms with Crippen molar-refractivity contribution in [2.24, 2.45) is 0 Å². The summed E-state index contributed by atoms with van der Waals surface area (Å²) >= 11 is 1.50. The maximum atomic E-state index is 11.7. The van der Waals surface area contributed by atoms with Crippen molar-refractivity contribution in [2.45, 2.75) is 12.8 Å². The third kappa shape index (κ3) is 3.06. The fourth-order valence-electron chi connectivity index (χ4n) is 1.27. The van der Waals surface area contributed by atoms with Gasteiger partial charge in [0.15, 0.2) is 0 Å². The lowest BCUT2D eigenvalue weighted by Crippen LogP contribution is -2.34. The number of carboxylic acid groups (broad SMARTS) is 1. The number of likely N-dealkylation sites (N-methyl/N-ethyl adjacent to an activating group) is 1. The van der Waals surface area contributed by atoms with Crippen molar-refractivity contribution >= 4 is 23.2 Å². The topological polar surface area (TPSA) is 57.6 Å². The molecule has 0 radical (unpaired) electrons. The van der Waals surface area contributed by atoms with E-state index >= 15 is 0 Å². The molecule has 1 heterocycles. The Bertz CT molecular complexity index is 348. The molecule has 0 aromatic carbocycles. The summed E-state index contributed by atoms with van der Waals surface area (Å²) < 4.78 is 0. The smallest absolute Gasteiger partial charge is 0.323 e. The number of thiophene rings is 1. The first-order valence-corrected chi connectivity index (χ1v) is 5.40. The van der Waals surface area contributed by atoms with Gasteiger partial charge in [0.1, 0.15) is 6.54 Å². The summed E-state index contributed by atoms with van der Waals surface area (Å²) in [5, 5.41) is 10.5. The van der Waals surface area contributed by atoms with Crippen LogP contribution in [0.3, 0.4) is 0 Å². The van der Waals surface area contributed by atoms with Gasteiger partial charge in [-0.05, 0) is 18.4 Å². The summed E-state index contributed by atoms with van der Waals surface area (Å²) in [4.78, 5) is 24.4. The van der Waals surface area contributed by atoms with Crippen molar-refractivity contribution in [3.63, 3.8) is 0 Å². The monoisotopic (exact) mass is 227 g/mol. The highest BCUT2D eigenvalue weighted by molar-refractivity contribution is 7.10. The molecule has 1 unspecified atom stereocenters. The molecule has 1 aromatic rings. The van der Waals surface area contributed by atoms with Crippen LogP contribution in [0.1, 0.15) is 17.7 Å². The van der Waals surface area contributed by atoms with Crippen LogP contribution in [-0.4, -0.2) is 35.5 Å². The lowest BCUT2D eigenvalue weighted by atomic mass is 10.1. The predicted octanol–water partition coefficient (Wildman–Crippen LogP) is 1.39. The molecule has 1 atom stereocenters. The zero-order valence-corrected chi connectivity index (χ0v) is 9.45. The molecular weight excluding hydrogens is 214 g/mol. The van der Waals surface area contributed by atoms with E-state index in [-0.39, 0.29) is 18.4 Å².